The van der Waals surface area contributed by atoms with Gasteiger partial charge in [0.2, 0.25) is 0 Å². The molecule has 0 aromatic heterocycles. The lowest BCUT2D eigenvalue weighted by Gasteiger charge is -2.30. The fourth-order valence-corrected chi connectivity index (χ4v) is 2.60. The molecule has 0 spiro atoms. The van der Waals surface area contributed by atoms with Crippen molar-refractivity contribution in [3.63, 3.8) is 0 Å². The maximum atomic E-state index is 5.71. The molecule has 0 saturated carbocycles. The number of likely N-dealkylation sites (tertiary alicyclic amines) is 1. The van der Waals surface area contributed by atoms with Gasteiger partial charge in [0.05, 0.1) is 6.10 Å². The molecule has 0 unspecified atom stereocenters. The Labute approximate surface area is 123 Å². The standard InChI is InChI=1S/C17H28N2O/c1-14(2)20-17-6-4-5-16(13-17)18-9-12-19-10-7-15(3)8-11-19/h4-6,13-15,18H,7-12H2,1-3H3. The molecule has 1 N–H and O–H groups in total. The molecule has 1 aliphatic heterocycles. The van der Waals surface area contributed by atoms with Gasteiger partial charge in [0.15, 0.2) is 0 Å². The molecule has 20 heavy (non-hydrogen) atoms. The molecule has 1 heterocycles. The SMILES string of the molecule is CC1CCN(CCNc2cccc(OC(C)C)c2)CC1. The summed E-state index contributed by atoms with van der Waals surface area (Å²) in [6, 6.07) is 8.24. The quantitative estimate of drug-likeness (QED) is 0.859. The summed E-state index contributed by atoms with van der Waals surface area (Å²) < 4.78 is 5.71. The number of nitrogens with one attached hydrogen (secondary N) is 1. The van der Waals surface area contributed by atoms with E-state index in [0.29, 0.717) is 0 Å². The fraction of sp³-hybridized carbons (Fsp3) is 0.647. The molecule has 1 fully saturated rings. The Morgan fingerprint density at radius 2 is 2.05 bits per heavy atom. The summed E-state index contributed by atoms with van der Waals surface area (Å²) in [4.78, 5) is 2.56. The zero-order chi connectivity index (χ0) is 14.4. The first-order chi connectivity index (χ1) is 9.63. The average molecular weight is 276 g/mol. The van der Waals surface area contributed by atoms with Gasteiger partial charge in [-0.1, -0.05) is 13.0 Å². The van der Waals surface area contributed by atoms with Gasteiger partial charge in [-0.15, -0.1) is 0 Å². The first-order valence-electron chi connectivity index (χ1n) is 7.86. The van der Waals surface area contributed by atoms with E-state index < -0.39 is 0 Å². The zero-order valence-electron chi connectivity index (χ0n) is 13.1. The summed E-state index contributed by atoms with van der Waals surface area (Å²) in [6.07, 6.45) is 2.91. The molecule has 3 heteroatoms. The van der Waals surface area contributed by atoms with Gasteiger partial charge in [-0.25, -0.2) is 0 Å². The van der Waals surface area contributed by atoms with Gasteiger partial charge in [0, 0.05) is 24.8 Å². The van der Waals surface area contributed by atoms with Crippen molar-refractivity contribution in [1.82, 2.24) is 4.90 Å². The molecule has 0 radical (unpaired) electrons. The Hall–Kier alpha value is -1.22. The molecular weight excluding hydrogens is 248 g/mol. The largest absolute Gasteiger partial charge is 0.491 e. The van der Waals surface area contributed by atoms with E-state index in [1.54, 1.807) is 0 Å². The van der Waals surface area contributed by atoms with E-state index in [9.17, 15) is 0 Å². The van der Waals surface area contributed by atoms with E-state index >= 15 is 0 Å². The normalized spacial score (nSPS) is 17.4. The minimum absolute atomic E-state index is 0.223. The zero-order valence-corrected chi connectivity index (χ0v) is 13.1. The summed E-state index contributed by atoms with van der Waals surface area (Å²) in [6.45, 7) is 11.1. The van der Waals surface area contributed by atoms with Crippen molar-refractivity contribution >= 4 is 5.69 Å². The van der Waals surface area contributed by atoms with E-state index in [2.05, 4.69) is 43.1 Å². The van der Waals surface area contributed by atoms with Gasteiger partial charge < -0.3 is 15.0 Å². The van der Waals surface area contributed by atoms with Crippen molar-refractivity contribution < 1.29 is 4.74 Å². The number of piperidine rings is 1. The molecule has 1 saturated heterocycles. The Morgan fingerprint density at radius 1 is 1.30 bits per heavy atom. The van der Waals surface area contributed by atoms with E-state index in [1.807, 2.05) is 12.1 Å². The highest BCUT2D eigenvalue weighted by molar-refractivity contribution is 5.48. The third kappa shape index (κ3) is 5.04. The lowest BCUT2D eigenvalue weighted by molar-refractivity contribution is 0.199. The van der Waals surface area contributed by atoms with Crippen molar-refractivity contribution in [2.24, 2.45) is 5.92 Å². The third-order valence-electron chi connectivity index (χ3n) is 3.84. The van der Waals surface area contributed by atoms with Crippen LogP contribution in [0.4, 0.5) is 5.69 Å². The first-order valence-corrected chi connectivity index (χ1v) is 7.86. The maximum absolute atomic E-state index is 5.71. The highest BCUT2D eigenvalue weighted by Gasteiger charge is 2.14. The smallest absolute Gasteiger partial charge is 0.121 e. The molecule has 0 atom stereocenters. The Kier molecular flexibility index (Phi) is 5.72. The second-order valence-electron chi connectivity index (χ2n) is 6.15. The lowest BCUT2D eigenvalue weighted by Crippen LogP contribution is -2.36. The van der Waals surface area contributed by atoms with E-state index in [0.717, 1.165) is 30.4 Å². The number of anilines is 1. The number of nitrogens with zero attached hydrogens (tertiary/aromatic N) is 1. The van der Waals surface area contributed by atoms with Crippen LogP contribution in [0, 0.1) is 5.92 Å². The van der Waals surface area contributed by atoms with Crippen LogP contribution in [-0.2, 0) is 0 Å². The van der Waals surface area contributed by atoms with Gasteiger partial charge >= 0.3 is 0 Å². The highest BCUT2D eigenvalue weighted by Crippen LogP contribution is 2.19. The van der Waals surface area contributed by atoms with Crippen LogP contribution in [-0.4, -0.2) is 37.2 Å². The van der Waals surface area contributed by atoms with Crippen molar-refractivity contribution in [1.29, 1.82) is 0 Å². The summed E-state index contributed by atoms with van der Waals surface area (Å²) >= 11 is 0. The average Bonchev–Trinajstić information content (AvgIpc) is 2.41. The topological polar surface area (TPSA) is 24.5 Å². The first kappa shape index (κ1) is 15.2. The Morgan fingerprint density at radius 3 is 2.75 bits per heavy atom. The van der Waals surface area contributed by atoms with Crippen LogP contribution in [0.5, 0.6) is 5.75 Å². The Bertz CT molecular complexity index is 398. The number of ether oxygens (including phenoxy) is 1. The van der Waals surface area contributed by atoms with Gasteiger partial charge in [0.1, 0.15) is 5.75 Å². The highest BCUT2D eigenvalue weighted by atomic mass is 16.5. The summed E-state index contributed by atoms with van der Waals surface area (Å²) in [5.74, 6) is 1.85. The van der Waals surface area contributed by atoms with Crippen LogP contribution in [0.1, 0.15) is 33.6 Å². The molecule has 1 aromatic carbocycles. The van der Waals surface area contributed by atoms with E-state index in [1.165, 1.54) is 25.9 Å². The lowest BCUT2D eigenvalue weighted by atomic mass is 9.99. The monoisotopic (exact) mass is 276 g/mol. The molecule has 3 nitrogen and oxygen atoms in total. The maximum Gasteiger partial charge on any atom is 0.121 e. The van der Waals surface area contributed by atoms with Gasteiger partial charge in [0.25, 0.3) is 0 Å². The molecule has 112 valence electrons. The van der Waals surface area contributed by atoms with Gasteiger partial charge in [-0.3, -0.25) is 0 Å². The van der Waals surface area contributed by atoms with Crippen LogP contribution in [0.15, 0.2) is 24.3 Å². The second kappa shape index (κ2) is 7.53. The third-order valence-corrected chi connectivity index (χ3v) is 3.84. The van der Waals surface area contributed by atoms with Gasteiger partial charge in [-0.05, 0) is 57.8 Å². The number of rotatable bonds is 6. The predicted molar refractivity (Wildman–Crippen MR) is 85.5 cm³/mol. The molecule has 1 aromatic rings. The van der Waals surface area contributed by atoms with Crippen molar-refractivity contribution in [2.45, 2.75) is 39.7 Å². The van der Waals surface area contributed by atoms with Crippen molar-refractivity contribution in [2.75, 3.05) is 31.5 Å². The summed E-state index contributed by atoms with van der Waals surface area (Å²) in [5.41, 5.74) is 1.15. The van der Waals surface area contributed by atoms with Crippen molar-refractivity contribution in [3.8, 4) is 5.75 Å². The van der Waals surface area contributed by atoms with Crippen LogP contribution >= 0.6 is 0 Å². The van der Waals surface area contributed by atoms with E-state index in [4.69, 9.17) is 4.74 Å². The Balaban J connectivity index is 1.73. The van der Waals surface area contributed by atoms with Crippen LogP contribution in [0.2, 0.25) is 0 Å². The van der Waals surface area contributed by atoms with Crippen LogP contribution in [0.25, 0.3) is 0 Å². The predicted octanol–water partition coefficient (Wildman–Crippen LogP) is 3.62. The molecular formula is C17H28N2O. The second-order valence-corrected chi connectivity index (χ2v) is 6.15. The number of benzene rings is 1. The van der Waals surface area contributed by atoms with Crippen LogP contribution in [0.3, 0.4) is 0 Å². The van der Waals surface area contributed by atoms with Gasteiger partial charge in [-0.2, -0.15) is 0 Å². The molecule has 0 bridgehead atoms. The summed E-state index contributed by atoms with van der Waals surface area (Å²) in [7, 11) is 0. The number of hydrogen-bond acceptors (Lipinski definition) is 3. The molecule has 2 rings (SSSR count). The molecule has 0 aliphatic carbocycles. The van der Waals surface area contributed by atoms with Crippen molar-refractivity contribution in [3.05, 3.63) is 24.3 Å². The number of hydrogen-bond donors (Lipinski definition) is 1. The minimum atomic E-state index is 0.223. The molecule has 0 amide bonds. The molecule has 1 aliphatic rings. The fourth-order valence-electron chi connectivity index (χ4n) is 2.60. The minimum Gasteiger partial charge on any atom is -0.491 e. The summed E-state index contributed by atoms with van der Waals surface area (Å²) in [5, 5.41) is 3.50. The van der Waals surface area contributed by atoms with Crippen LogP contribution < -0.4 is 10.1 Å². The van der Waals surface area contributed by atoms with E-state index in [-0.39, 0.29) is 6.10 Å².